The van der Waals surface area contributed by atoms with Crippen molar-refractivity contribution >= 4 is 12.1 Å². The Labute approximate surface area is 83.7 Å². The lowest BCUT2D eigenvalue weighted by molar-refractivity contribution is -0.119. The molecule has 0 fully saturated rings. The van der Waals surface area contributed by atoms with Gasteiger partial charge >= 0.3 is 5.91 Å². The number of hydrogen-bond acceptors (Lipinski definition) is 3. The van der Waals surface area contributed by atoms with Gasteiger partial charge in [0.1, 0.15) is 0 Å². The minimum absolute atomic E-state index is 0.252. The molecule has 1 aliphatic rings. The van der Waals surface area contributed by atoms with Gasteiger partial charge < -0.3 is 5.11 Å². The summed E-state index contributed by atoms with van der Waals surface area (Å²) in [4.78, 5) is 11.1. The van der Waals surface area contributed by atoms with Gasteiger partial charge in [0.15, 0.2) is 5.76 Å². The van der Waals surface area contributed by atoms with E-state index >= 15 is 0 Å². The number of carbonyl (C=O) groups excluding carboxylic acids is 1. The number of allylic oxidation sites excluding steroid dienone is 1. The molecule has 1 heterocycles. The molecule has 0 aromatic rings. The summed E-state index contributed by atoms with van der Waals surface area (Å²) in [6.07, 6.45) is 4.08. The quantitative estimate of drug-likeness (QED) is 0.704. The highest BCUT2D eigenvalue weighted by Gasteiger charge is 2.31. The molecule has 1 amide bonds. The monoisotopic (exact) mass is 196 g/mol. The van der Waals surface area contributed by atoms with Gasteiger partial charge in [-0.15, -0.1) is 0 Å². The third-order valence-corrected chi connectivity index (χ3v) is 2.80. The Hall–Kier alpha value is -1.32. The molecular weight excluding hydrogens is 180 g/mol. The second-order valence-corrected chi connectivity index (χ2v) is 3.85. The molecule has 1 unspecified atom stereocenters. The lowest BCUT2D eigenvalue weighted by atomic mass is 9.75. The smallest absolute Gasteiger partial charge is 0.305 e. The topological polar surface area (TPSA) is 61.7 Å². The number of hydrogen-bond donors (Lipinski definition) is 2. The number of nitrogens with zero attached hydrogens (tertiary/aromatic N) is 1. The summed E-state index contributed by atoms with van der Waals surface area (Å²) in [6.45, 7) is 6.08. The highest BCUT2D eigenvalue weighted by molar-refractivity contribution is 5.93. The van der Waals surface area contributed by atoms with E-state index in [1.165, 1.54) is 0 Å². The molecule has 1 rings (SSSR count). The Morgan fingerprint density at radius 2 is 2.29 bits per heavy atom. The zero-order chi connectivity index (χ0) is 10.8. The van der Waals surface area contributed by atoms with E-state index in [4.69, 9.17) is 0 Å². The van der Waals surface area contributed by atoms with Gasteiger partial charge in [0.25, 0.3) is 0 Å². The average molecular weight is 196 g/mol. The summed E-state index contributed by atoms with van der Waals surface area (Å²) in [5.41, 5.74) is 1.92. The second-order valence-electron chi connectivity index (χ2n) is 3.85. The molecule has 0 spiro atoms. The van der Waals surface area contributed by atoms with Crippen LogP contribution in [0.5, 0.6) is 0 Å². The Bertz CT molecular complexity index is 294. The summed E-state index contributed by atoms with van der Waals surface area (Å²) in [5.74, 6) is -0.513. The molecule has 0 aromatic carbocycles. The van der Waals surface area contributed by atoms with Crippen LogP contribution in [0.25, 0.3) is 0 Å². The molecule has 0 aliphatic carbocycles. The maximum absolute atomic E-state index is 11.1. The van der Waals surface area contributed by atoms with Crippen molar-refractivity contribution in [2.45, 2.75) is 27.2 Å². The van der Waals surface area contributed by atoms with Crippen molar-refractivity contribution in [3.8, 4) is 0 Å². The molecule has 4 nitrogen and oxygen atoms in total. The van der Waals surface area contributed by atoms with Crippen LogP contribution < -0.4 is 5.43 Å². The van der Waals surface area contributed by atoms with Crippen molar-refractivity contribution in [2.75, 3.05) is 0 Å². The Morgan fingerprint density at radius 3 is 2.79 bits per heavy atom. The minimum Gasteiger partial charge on any atom is -0.503 e. The molecule has 2 N–H and O–H groups in total. The number of amides is 1. The van der Waals surface area contributed by atoms with E-state index in [0.29, 0.717) is 0 Å². The van der Waals surface area contributed by atoms with E-state index in [0.717, 1.165) is 6.42 Å². The zero-order valence-electron chi connectivity index (χ0n) is 8.74. The van der Waals surface area contributed by atoms with Crippen molar-refractivity contribution in [3.63, 3.8) is 0 Å². The van der Waals surface area contributed by atoms with Crippen LogP contribution in [0.2, 0.25) is 0 Å². The Morgan fingerprint density at radius 1 is 1.64 bits per heavy atom. The van der Waals surface area contributed by atoms with Crippen molar-refractivity contribution < 1.29 is 9.90 Å². The maximum Gasteiger partial charge on any atom is 0.305 e. The third kappa shape index (κ3) is 1.78. The third-order valence-electron chi connectivity index (χ3n) is 2.80. The number of rotatable bonds is 2. The van der Waals surface area contributed by atoms with Gasteiger partial charge in [0.2, 0.25) is 0 Å². The minimum atomic E-state index is -0.544. The van der Waals surface area contributed by atoms with Gasteiger partial charge in [-0.05, 0) is 18.4 Å². The molecule has 14 heavy (non-hydrogen) atoms. The van der Waals surface area contributed by atoms with Gasteiger partial charge in [0.05, 0.1) is 0 Å². The highest BCUT2D eigenvalue weighted by Crippen LogP contribution is 2.32. The first kappa shape index (κ1) is 10.8. The first-order chi connectivity index (χ1) is 6.52. The van der Waals surface area contributed by atoms with Crippen LogP contribution in [-0.4, -0.2) is 17.2 Å². The van der Waals surface area contributed by atoms with Crippen molar-refractivity contribution in [1.82, 2.24) is 5.43 Å². The lowest BCUT2D eigenvalue weighted by Gasteiger charge is -2.28. The molecule has 4 heteroatoms. The van der Waals surface area contributed by atoms with Crippen molar-refractivity contribution in [2.24, 2.45) is 16.4 Å². The summed E-state index contributed by atoms with van der Waals surface area (Å²) in [5, 5.41) is 13.3. The average Bonchev–Trinajstić information content (AvgIpc) is 2.28. The first-order valence-corrected chi connectivity index (χ1v) is 4.78. The summed E-state index contributed by atoms with van der Waals surface area (Å²) in [7, 11) is 0. The van der Waals surface area contributed by atoms with E-state index in [1.807, 2.05) is 20.8 Å². The fraction of sp³-hybridized carbons (Fsp3) is 0.600. The number of aliphatic hydroxyl groups excluding tert-OH is 1. The van der Waals surface area contributed by atoms with Gasteiger partial charge in [-0.25, -0.2) is 5.43 Å². The van der Waals surface area contributed by atoms with E-state index in [9.17, 15) is 9.90 Å². The summed E-state index contributed by atoms with van der Waals surface area (Å²) in [6, 6.07) is 0. The normalized spacial score (nSPS) is 27.1. The number of hydrazone groups is 1. The van der Waals surface area contributed by atoms with Crippen LogP contribution in [0.4, 0.5) is 0 Å². The molecular formula is C10H16N2O2. The van der Waals surface area contributed by atoms with Crippen LogP contribution in [0, 0.1) is 11.3 Å². The second kappa shape index (κ2) is 3.82. The van der Waals surface area contributed by atoms with E-state index in [2.05, 4.69) is 10.5 Å². The SMILES string of the molecule is CCC1(C(C)C)C=NNC(=O)C(O)=C1. The number of nitrogens with one attached hydrogen (secondary N) is 1. The van der Waals surface area contributed by atoms with Crippen LogP contribution in [0.3, 0.4) is 0 Å². The van der Waals surface area contributed by atoms with Gasteiger partial charge in [-0.3, -0.25) is 4.79 Å². The van der Waals surface area contributed by atoms with Crippen LogP contribution in [0.15, 0.2) is 16.9 Å². The molecule has 0 bridgehead atoms. The molecule has 0 saturated heterocycles. The van der Waals surface area contributed by atoms with Gasteiger partial charge in [0, 0.05) is 11.6 Å². The van der Waals surface area contributed by atoms with Crippen molar-refractivity contribution in [3.05, 3.63) is 11.8 Å². The first-order valence-electron chi connectivity index (χ1n) is 4.78. The fourth-order valence-electron chi connectivity index (χ4n) is 1.54. The van der Waals surface area contributed by atoms with E-state index in [-0.39, 0.29) is 17.1 Å². The maximum atomic E-state index is 11.1. The Balaban J connectivity index is 3.13. The fourth-order valence-corrected chi connectivity index (χ4v) is 1.54. The molecule has 1 aliphatic heterocycles. The summed E-state index contributed by atoms with van der Waals surface area (Å²) < 4.78 is 0. The van der Waals surface area contributed by atoms with Crippen LogP contribution in [0.1, 0.15) is 27.2 Å². The van der Waals surface area contributed by atoms with Gasteiger partial charge in [-0.1, -0.05) is 20.8 Å². The zero-order valence-corrected chi connectivity index (χ0v) is 8.74. The standard InChI is InChI=1S/C10H16N2O2/c1-4-10(7(2)3)5-8(13)9(14)12-11-6-10/h5-7,13H,4H2,1-3H3,(H,12,14). The molecule has 78 valence electrons. The van der Waals surface area contributed by atoms with Crippen LogP contribution in [-0.2, 0) is 4.79 Å². The van der Waals surface area contributed by atoms with E-state index in [1.54, 1.807) is 12.3 Å². The van der Waals surface area contributed by atoms with Gasteiger partial charge in [-0.2, -0.15) is 5.10 Å². The van der Waals surface area contributed by atoms with Crippen molar-refractivity contribution in [1.29, 1.82) is 0 Å². The molecule has 1 atom stereocenters. The molecule has 0 aromatic heterocycles. The van der Waals surface area contributed by atoms with E-state index < -0.39 is 5.91 Å². The Kier molecular flexibility index (Phi) is 2.93. The predicted molar refractivity (Wildman–Crippen MR) is 54.9 cm³/mol. The number of carbonyl (C=O) groups is 1. The lowest BCUT2D eigenvalue weighted by Crippen LogP contribution is -2.26. The predicted octanol–water partition coefficient (Wildman–Crippen LogP) is 1.60. The summed E-state index contributed by atoms with van der Waals surface area (Å²) >= 11 is 0. The molecule has 0 radical (unpaired) electrons. The van der Waals surface area contributed by atoms with Crippen LogP contribution >= 0.6 is 0 Å². The number of aliphatic hydroxyl groups is 1. The molecule has 0 saturated carbocycles. The highest BCUT2D eigenvalue weighted by atomic mass is 16.3. The largest absolute Gasteiger partial charge is 0.503 e.